The number of fused-ring (bicyclic) bond motifs is 3. The van der Waals surface area contributed by atoms with Gasteiger partial charge in [-0.2, -0.15) is 0 Å². The van der Waals surface area contributed by atoms with Crippen LogP contribution in [0.4, 0.5) is 0 Å². The summed E-state index contributed by atoms with van der Waals surface area (Å²) in [4.78, 5) is 32.1. The van der Waals surface area contributed by atoms with Crippen LogP contribution in [0.2, 0.25) is 5.02 Å². The van der Waals surface area contributed by atoms with Crippen molar-refractivity contribution < 1.29 is 9.53 Å². The van der Waals surface area contributed by atoms with Crippen LogP contribution in [0.5, 0.6) is 0 Å². The Morgan fingerprint density at radius 2 is 2.00 bits per heavy atom. The smallest absolute Gasteiger partial charge is 0.294 e. The maximum absolute atomic E-state index is 13.6. The van der Waals surface area contributed by atoms with Crippen molar-refractivity contribution in [2.24, 2.45) is 0 Å². The van der Waals surface area contributed by atoms with Crippen LogP contribution in [0.25, 0.3) is 27.4 Å². The van der Waals surface area contributed by atoms with E-state index in [9.17, 15) is 9.59 Å². The van der Waals surface area contributed by atoms with Gasteiger partial charge in [0.15, 0.2) is 5.82 Å². The molecule has 1 unspecified atom stereocenters. The zero-order valence-corrected chi connectivity index (χ0v) is 21.2. The Bertz CT molecular complexity index is 1710. The third-order valence-corrected chi connectivity index (χ3v) is 7.96. The Kier molecular flexibility index (Phi) is 5.63. The summed E-state index contributed by atoms with van der Waals surface area (Å²) in [5.41, 5.74) is 4.40. The normalized spacial score (nSPS) is 16.2. The van der Waals surface area contributed by atoms with Crippen LogP contribution < -0.4 is 5.56 Å². The molecule has 1 fully saturated rings. The summed E-state index contributed by atoms with van der Waals surface area (Å²) >= 11 is 7.93. The lowest BCUT2D eigenvalue weighted by atomic mass is 10.0. The minimum Gasteiger partial charge on any atom is -0.370 e. The summed E-state index contributed by atoms with van der Waals surface area (Å²) in [5.74, 6) is 0.497. The van der Waals surface area contributed by atoms with Crippen molar-refractivity contribution in [1.29, 1.82) is 0 Å². The average Bonchev–Trinajstić information content (AvgIpc) is 3.51. The highest BCUT2D eigenvalue weighted by molar-refractivity contribution is 7.13. The molecule has 8 nitrogen and oxygen atoms in total. The van der Waals surface area contributed by atoms with Gasteiger partial charge in [-0.1, -0.05) is 29.8 Å². The van der Waals surface area contributed by atoms with E-state index in [0.29, 0.717) is 41.6 Å². The van der Waals surface area contributed by atoms with Gasteiger partial charge in [-0.25, -0.2) is 0 Å². The fourth-order valence-corrected chi connectivity index (χ4v) is 5.88. The predicted molar refractivity (Wildman–Crippen MR) is 140 cm³/mol. The third kappa shape index (κ3) is 3.71. The molecule has 0 radical (unpaired) electrons. The number of rotatable bonds is 3. The van der Waals surface area contributed by atoms with Crippen LogP contribution in [0, 0.1) is 13.8 Å². The Hall–Kier alpha value is -3.53. The minimum absolute atomic E-state index is 0.117. The lowest BCUT2D eigenvalue weighted by molar-refractivity contribution is -0.0228. The van der Waals surface area contributed by atoms with E-state index in [1.54, 1.807) is 26.7 Å². The molecule has 182 valence electrons. The van der Waals surface area contributed by atoms with E-state index in [4.69, 9.17) is 16.3 Å². The van der Waals surface area contributed by atoms with Gasteiger partial charge in [0.25, 0.3) is 11.5 Å². The highest BCUT2D eigenvalue weighted by Crippen LogP contribution is 2.31. The number of morpholine rings is 1. The Labute approximate surface area is 215 Å². The number of halogens is 1. The monoisotopic (exact) mass is 519 g/mol. The lowest BCUT2D eigenvalue weighted by Gasteiger charge is -2.34. The molecule has 2 aromatic carbocycles. The standard InChI is InChI=1S/C26H22ClN5O3S/c1-14-7-10-36-22(14)23-29-30-24-25(33)28-19-12-17(15(2)11-20(19)32(23)24)26(34)31-8-9-35-21(13-31)16-5-3-4-6-18(16)27/h3-7,10-12,21H,8-9,13H2,1-2H3,(H,28,33). The van der Waals surface area contributed by atoms with E-state index < -0.39 is 0 Å². The van der Waals surface area contributed by atoms with Crippen LogP contribution in [0.1, 0.15) is 33.2 Å². The first-order valence-electron chi connectivity index (χ1n) is 11.5. The van der Waals surface area contributed by atoms with Crippen molar-refractivity contribution in [3.63, 3.8) is 0 Å². The number of carbonyl (C=O) groups is 1. The third-order valence-electron chi connectivity index (χ3n) is 6.60. The molecule has 3 aromatic heterocycles. The van der Waals surface area contributed by atoms with Crippen LogP contribution >= 0.6 is 22.9 Å². The van der Waals surface area contributed by atoms with E-state index in [1.807, 2.05) is 55.6 Å². The molecule has 1 aliphatic rings. The molecule has 1 saturated heterocycles. The number of nitrogens with zero attached hydrogens (tertiary/aromatic N) is 4. The van der Waals surface area contributed by atoms with Crippen LogP contribution in [0.3, 0.4) is 0 Å². The van der Waals surface area contributed by atoms with Crippen LogP contribution in [-0.4, -0.2) is 50.1 Å². The molecule has 0 spiro atoms. The van der Waals surface area contributed by atoms with Crippen LogP contribution in [0.15, 0.2) is 52.6 Å². The summed E-state index contributed by atoms with van der Waals surface area (Å²) in [5, 5.41) is 11.1. The van der Waals surface area contributed by atoms with E-state index >= 15 is 0 Å². The molecule has 6 rings (SSSR count). The van der Waals surface area contributed by atoms with Gasteiger partial charge in [0.1, 0.15) is 6.10 Å². The molecule has 0 bridgehead atoms. The first kappa shape index (κ1) is 22.9. The van der Waals surface area contributed by atoms with Crippen molar-refractivity contribution in [2.45, 2.75) is 20.0 Å². The highest BCUT2D eigenvalue weighted by Gasteiger charge is 2.28. The Morgan fingerprint density at radius 3 is 2.78 bits per heavy atom. The number of hydrogen-bond acceptors (Lipinski definition) is 6. The molecule has 36 heavy (non-hydrogen) atoms. The summed E-state index contributed by atoms with van der Waals surface area (Å²) in [6.07, 6.45) is -0.301. The Balaban J connectivity index is 1.42. The molecule has 1 atom stereocenters. The zero-order valence-electron chi connectivity index (χ0n) is 19.6. The first-order chi connectivity index (χ1) is 17.4. The fraction of sp³-hybridized carbons (Fsp3) is 0.231. The van der Waals surface area contributed by atoms with Gasteiger partial charge in [-0.05, 0) is 54.6 Å². The first-order valence-corrected chi connectivity index (χ1v) is 12.8. The van der Waals surface area contributed by atoms with Crippen molar-refractivity contribution in [3.05, 3.63) is 85.5 Å². The van der Waals surface area contributed by atoms with Gasteiger partial charge in [0.05, 0.1) is 29.1 Å². The fourth-order valence-electron chi connectivity index (χ4n) is 4.72. The molecular formula is C26H22ClN5O3S. The second-order valence-electron chi connectivity index (χ2n) is 8.89. The largest absolute Gasteiger partial charge is 0.370 e. The van der Waals surface area contributed by atoms with Crippen LogP contribution in [-0.2, 0) is 4.74 Å². The number of aromatic nitrogens is 4. The molecule has 1 amide bonds. The number of benzene rings is 2. The van der Waals surface area contributed by atoms with Gasteiger partial charge >= 0.3 is 0 Å². The van der Waals surface area contributed by atoms with Crippen molar-refractivity contribution >= 4 is 45.5 Å². The quantitative estimate of drug-likeness (QED) is 0.370. The number of hydrogen-bond donors (Lipinski definition) is 1. The second-order valence-corrected chi connectivity index (χ2v) is 10.2. The number of H-pyrrole nitrogens is 1. The lowest BCUT2D eigenvalue weighted by Crippen LogP contribution is -2.42. The maximum Gasteiger partial charge on any atom is 0.294 e. The SMILES string of the molecule is Cc1cc2c(cc1C(=O)N1CCOC(c3ccccc3Cl)C1)[nH]c(=O)c1nnc(-c3sccc3C)n12. The van der Waals surface area contributed by atoms with Crippen molar-refractivity contribution in [2.75, 3.05) is 19.7 Å². The summed E-state index contributed by atoms with van der Waals surface area (Å²) in [7, 11) is 0. The van der Waals surface area contributed by atoms with Gasteiger partial charge in [0.2, 0.25) is 5.65 Å². The highest BCUT2D eigenvalue weighted by atomic mass is 35.5. The maximum atomic E-state index is 13.6. The van der Waals surface area contributed by atoms with Crippen molar-refractivity contribution in [1.82, 2.24) is 24.5 Å². The Morgan fingerprint density at radius 1 is 1.17 bits per heavy atom. The number of ether oxygens (including phenoxy) is 1. The minimum atomic E-state index is -0.358. The van der Waals surface area contributed by atoms with E-state index in [0.717, 1.165) is 27.1 Å². The van der Waals surface area contributed by atoms with Gasteiger partial charge < -0.3 is 14.6 Å². The number of amides is 1. The predicted octanol–water partition coefficient (Wildman–Crippen LogP) is 4.78. The van der Waals surface area contributed by atoms with E-state index in [1.165, 1.54) is 0 Å². The molecule has 0 saturated carbocycles. The topological polar surface area (TPSA) is 92.6 Å². The van der Waals surface area contributed by atoms with Gasteiger partial charge in [-0.3, -0.25) is 14.0 Å². The molecule has 1 aliphatic heterocycles. The number of carbonyl (C=O) groups excluding carboxylic acids is 1. The number of thiophene rings is 1. The van der Waals surface area contributed by atoms with E-state index in [-0.39, 0.29) is 23.2 Å². The second kappa shape index (κ2) is 8.85. The molecule has 1 N–H and O–H groups in total. The molecular weight excluding hydrogens is 498 g/mol. The summed E-state index contributed by atoms with van der Waals surface area (Å²) in [6, 6.07) is 13.2. The zero-order chi connectivity index (χ0) is 25.0. The van der Waals surface area contributed by atoms with Gasteiger partial charge in [-0.15, -0.1) is 21.5 Å². The summed E-state index contributed by atoms with van der Waals surface area (Å²) in [6.45, 7) is 5.18. The molecule has 4 heterocycles. The average molecular weight is 520 g/mol. The molecule has 0 aliphatic carbocycles. The molecule has 10 heteroatoms. The number of nitrogens with one attached hydrogen (secondary N) is 1. The van der Waals surface area contributed by atoms with Crippen molar-refractivity contribution in [3.8, 4) is 10.7 Å². The summed E-state index contributed by atoms with van der Waals surface area (Å²) < 4.78 is 7.71. The van der Waals surface area contributed by atoms with Gasteiger partial charge in [0, 0.05) is 22.7 Å². The van der Waals surface area contributed by atoms with E-state index in [2.05, 4.69) is 15.2 Å². The molecule has 5 aromatic rings. The number of aryl methyl sites for hydroxylation is 2. The number of aromatic amines is 1.